The number of rotatable bonds is 4. The van der Waals surface area contributed by atoms with Crippen LogP contribution in [0, 0.1) is 0 Å². The molecule has 0 aliphatic carbocycles. The van der Waals surface area contributed by atoms with Gasteiger partial charge in [0.1, 0.15) is 0 Å². The van der Waals surface area contributed by atoms with Gasteiger partial charge in [-0.2, -0.15) is 0 Å². The van der Waals surface area contributed by atoms with E-state index < -0.39 is 0 Å². The fourth-order valence-electron chi connectivity index (χ4n) is 1.39. The van der Waals surface area contributed by atoms with Gasteiger partial charge in [0.15, 0.2) is 5.78 Å². The molecule has 0 spiro atoms. The van der Waals surface area contributed by atoms with E-state index in [2.05, 4.69) is 19.1 Å². The maximum atomic E-state index is 11.8. The number of Topliss-reactive ketones (excluding diaryl/α,β-unsaturated/α-hetero) is 1. The van der Waals surface area contributed by atoms with Gasteiger partial charge in [-0.3, -0.25) is 4.79 Å². The monoisotopic (exact) mass is 236 g/mol. The number of carbonyl (C=O) groups is 1. The van der Waals surface area contributed by atoms with E-state index in [1.54, 1.807) is 11.3 Å². The van der Waals surface area contributed by atoms with Crippen molar-refractivity contribution in [3.05, 3.63) is 44.3 Å². The molecule has 0 N–H and O–H groups in total. The summed E-state index contributed by atoms with van der Waals surface area (Å²) in [6.07, 6.45) is 1.60. The Balaban J connectivity index is 2.06. The lowest BCUT2D eigenvalue weighted by Crippen LogP contribution is -1.98. The number of ketones is 1. The minimum Gasteiger partial charge on any atom is -0.293 e. The van der Waals surface area contributed by atoms with Gasteiger partial charge in [-0.05, 0) is 30.0 Å². The van der Waals surface area contributed by atoms with E-state index in [9.17, 15) is 4.79 Å². The summed E-state index contributed by atoms with van der Waals surface area (Å²) in [6.45, 7) is 2.14. The topological polar surface area (TPSA) is 17.1 Å². The van der Waals surface area contributed by atoms with Gasteiger partial charge in [0, 0.05) is 16.2 Å². The number of carbonyl (C=O) groups excluding carboxylic acids is 1. The van der Waals surface area contributed by atoms with Crippen LogP contribution >= 0.6 is 22.7 Å². The van der Waals surface area contributed by atoms with Crippen molar-refractivity contribution in [3.63, 3.8) is 0 Å². The van der Waals surface area contributed by atoms with Crippen LogP contribution in [0.15, 0.2) is 29.6 Å². The van der Waals surface area contributed by atoms with E-state index >= 15 is 0 Å². The third-order valence-corrected chi connectivity index (χ3v) is 4.34. The summed E-state index contributed by atoms with van der Waals surface area (Å²) in [5.41, 5.74) is 0. The minimum atomic E-state index is 0.231. The molecule has 0 fully saturated rings. The maximum absolute atomic E-state index is 11.8. The Morgan fingerprint density at radius 1 is 1.27 bits per heavy atom. The first-order valence-electron chi connectivity index (χ1n) is 4.94. The quantitative estimate of drug-likeness (QED) is 0.738. The Kier molecular flexibility index (Phi) is 3.34. The summed E-state index contributed by atoms with van der Waals surface area (Å²) in [5.74, 6) is 0.231. The highest BCUT2D eigenvalue weighted by atomic mass is 32.1. The zero-order valence-electron chi connectivity index (χ0n) is 8.53. The van der Waals surface area contributed by atoms with Crippen molar-refractivity contribution in [2.24, 2.45) is 0 Å². The highest BCUT2D eigenvalue weighted by Crippen LogP contribution is 2.20. The third kappa shape index (κ3) is 2.55. The average Bonchev–Trinajstić information content (AvgIpc) is 2.87. The van der Waals surface area contributed by atoms with E-state index in [-0.39, 0.29) is 5.78 Å². The fraction of sp³-hybridized carbons (Fsp3) is 0.250. The molecule has 0 aliphatic heterocycles. The van der Waals surface area contributed by atoms with Crippen LogP contribution in [0.4, 0.5) is 0 Å². The normalized spacial score (nSPS) is 10.5. The van der Waals surface area contributed by atoms with Gasteiger partial charge in [-0.15, -0.1) is 22.7 Å². The van der Waals surface area contributed by atoms with Gasteiger partial charge in [-0.1, -0.05) is 13.0 Å². The van der Waals surface area contributed by atoms with Gasteiger partial charge in [0.05, 0.1) is 4.88 Å². The largest absolute Gasteiger partial charge is 0.293 e. The first-order valence-corrected chi connectivity index (χ1v) is 6.63. The van der Waals surface area contributed by atoms with Gasteiger partial charge < -0.3 is 0 Å². The lowest BCUT2D eigenvalue weighted by molar-refractivity contribution is 0.0997. The number of hydrogen-bond donors (Lipinski definition) is 0. The molecule has 2 rings (SSSR count). The smallest absolute Gasteiger partial charge is 0.177 e. The van der Waals surface area contributed by atoms with Crippen LogP contribution < -0.4 is 0 Å². The molecule has 0 amide bonds. The van der Waals surface area contributed by atoms with Gasteiger partial charge in [0.25, 0.3) is 0 Å². The Hall–Kier alpha value is -0.930. The molecule has 0 atom stereocenters. The first kappa shape index (κ1) is 10.6. The molecule has 0 aromatic carbocycles. The van der Waals surface area contributed by atoms with Gasteiger partial charge in [0.2, 0.25) is 0 Å². The predicted octanol–water partition coefficient (Wildman–Crippen LogP) is 3.80. The Bertz CT molecular complexity index is 440. The highest BCUT2D eigenvalue weighted by Gasteiger charge is 2.09. The molecule has 15 heavy (non-hydrogen) atoms. The molecule has 0 bridgehead atoms. The lowest BCUT2D eigenvalue weighted by atomic mass is 10.2. The van der Waals surface area contributed by atoms with E-state index in [1.807, 2.05) is 17.5 Å². The molecule has 1 nitrogen and oxygen atoms in total. The number of aryl methyl sites for hydroxylation is 1. The maximum Gasteiger partial charge on any atom is 0.177 e. The fourth-order valence-corrected chi connectivity index (χ4v) is 3.01. The summed E-state index contributed by atoms with van der Waals surface area (Å²) < 4.78 is 0. The van der Waals surface area contributed by atoms with Crippen molar-refractivity contribution in [3.8, 4) is 0 Å². The van der Waals surface area contributed by atoms with Crippen LogP contribution in [0.25, 0.3) is 0 Å². The van der Waals surface area contributed by atoms with Crippen molar-refractivity contribution < 1.29 is 4.79 Å². The highest BCUT2D eigenvalue weighted by molar-refractivity contribution is 7.13. The molecule has 2 heterocycles. The molecular weight excluding hydrogens is 224 g/mol. The molecule has 3 heteroatoms. The number of thiophene rings is 2. The molecule has 0 radical (unpaired) electrons. The van der Waals surface area contributed by atoms with E-state index in [0.717, 1.165) is 11.3 Å². The second kappa shape index (κ2) is 4.73. The summed E-state index contributed by atoms with van der Waals surface area (Å²) in [4.78, 5) is 15.2. The van der Waals surface area contributed by atoms with Crippen molar-refractivity contribution in [1.29, 1.82) is 0 Å². The molecule has 0 saturated heterocycles. The van der Waals surface area contributed by atoms with E-state index in [4.69, 9.17) is 0 Å². The lowest BCUT2D eigenvalue weighted by Gasteiger charge is -1.94. The standard InChI is InChI=1S/C12H12OS2/c1-2-9-5-6-10(15-9)8-11(13)12-4-3-7-14-12/h3-7H,2,8H2,1H3. The Morgan fingerprint density at radius 2 is 2.07 bits per heavy atom. The Labute approximate surface area is 97.4 Å². The van der Waals surface area contributed by atoms with Crippen molar-refractivity contribution in [1.82, 2.24) is 0 Å². The zero-order valence-corrected chi connectivity index (χ0v) is 10.2. The van der Waals surface area contributed by atoms with Crippen molar-refractivity contribution in [2.45, 2.75) is 19.8 Å². The number of hydrogen-bond acceptors (Lipinski definition) is 3. The second-order valence-electron chi connectivity index (χ2n) is 3.30. The Morgan fingerprint density at radius 3 is 2.67 bits per heavy atom. The molecule has 0 aliphatic rings. The molecule has 2 aromatic heterocycles. The second-order valence-corrected chi connectivity index (χ2v) is 5.50. The molecule has 0 saturated carbocycles. The van der Waals surface area contributed by atoms with Gasteiger partial charge in [-0.25, -0.2) is 0 Å². The van der Waals surface area contributed by atoms with Crippen molar-refractivity contribution >= 4 is 28.5 Å². The average molecular weight is 236 g/mol. The van der Waals surface area contributed by atoms with Gasteiger partial charge >= 0.3 is 0 Å². The molecular formula is C12H12OS2. The SMILES string of the molecule is CCc1ccc(CC(=O)c2cccs2)s1. The van der Waals surface area contributed by atoms with Crippen LogP contribution in [0.5, 0.6) is 0 Å². The molecule has 2 aromatic rings. The predicted molar refractivity (Wildman–Crippen MR) is 66.1 cm³/mol. The molecule has 78 valence electrons. The van der Waals surface area contributed by atoms with Crippen LogP contribution in [0.1, 0.15) is 26.3 Å². The van der Waals surface area contributed by atoms with E-state index in [0.29, 0.717) is 6.42 Å². The van der Waals surface area contributed by atoms with E-state index in [1.165, 1.54) is 21.1 Å². The summed E-state index contributed by atoms with van der Waals surface area (Å²) in [6, 6.07) is 7.99. The third-order valence-electron chi connectivity index (χ3n) is 2.20. The van der Waals surface area contributed by atoms with Crippen LogP contribution in [-0.4, -0.2) is 5.78 Å². The van der Waals surface area contributed by atoms with Crippen LogP contribution in [0.3, 0.4) is 0 Å². The minimum absolute atomic E-state index is 0.231. The molecule has 0 unspecified atom stereocenters. The van der Waals surface area contributed by atoms with Crippen molar-refractivity contribution in [2.75, 3.05) is 0 Å². The summed E-state index contributed by atoms with van der Waals surface area (Å²) in [5, 5.41) is 1.94. The van der Waals surface area contributed by atoms with Crippen LogP contribution in [-0.2, 0) is 12.8 Å². The zero-order chi connectivity index (χ0) is 10.7. The first-order chi connectivity index (χ1) is 7.29. The van der Waals surface area contributed by atoms with Crippen LogP contribution in [0.2, 0.25) is 0 Å². The summed E-state index contributed by atoms with van der Waals surface area (Å²) >= 11 is 3.26. The summed E-state index contributed by atoms with van der Waals surface area (Å²) in [7, 11) is 0.